The normalized spacial score (nSPS) is 17.8. The standard InChI is InChI=1S/C11H22O2/c1-4-7-9(10(12)6-3)11(13)8-5-2/h5,9-13H,2,4,6-8H2,1,3H3. The summed E-state index contributed by atoms with van der Waals surface area (Å²) in [4.78, 5) is 0. The first-order valence-electron chi connectivity index (χ1n) is 5.14. The van der Waals surface area contributed by atoms with Crippen molar-refractivity contribution in [2.24, 2.45) is 5.92 Å². The fourth-order valence-corrected chi connectivity index (χ4v) is 1.62. The number of aliphatic hydroxyl groups is 2. The van der Waals surface area contributed by atoms with Gasteiger partial charge in [0.2, 0.25) is 0 Å². The van der Waals surface area contributed by atoms with E-state index in [-0.39, 0.29) is 12.0 Å². The van der Waals surface area contributed by atoms with Crippen molar-refractivity contribution in [2.75, 3.05) is 0 Å². The molecule has 78 valence electrons. The van der Waals surface area contributed by atoms with E-state index in [1.807, 2.05) is 6.92 Å². The van der Waals surface area contributed by atoms with Crippen LogP contribution in [0, 0.1) is 5.92 Å². The summed E-state index contributed by atoms with van der Waals surface area (Å²) >= 11 is 0. The Morgan fingerprint density at radius 1 is 1.23 bits per heavy atom. The molecule has 0 amide bonds. The molecular weight excluding hydrogens is 164 g/mol. The molecular formula is C11H22O2. The average molecular weight is 186 g/mol. The van der Waals surface area contributed by atoms with E-state index in [4.69, 9.17) is 0 Å². The fourth-order valence-electron chi connectivity index (χ4n) is 1.62. The van der Waals surface area contributed by atoms with Crippen LogP contribution in [0.1, 0.15) is 39.5 Å². The molecule has 0 fully saturated rings. The second kappa shape index (κ2) is 7.10. The van der Waals surface area contributed by atoms with Crippen molar-refractivity contribution >= 4 is 0 Å². The zero-order valence-electron chi connectivity index (χ0n) is 8.74. The third kappa shape index (κ3) is 4.44. The molecule has 0 rings (SSSR count). The number of hydrogen-bond acceptors (Lipinski definition) is 2. The molecule has 0 spiro atoms. The highest BCUT2D eigenvalue weighted by molar-refractivity contribution is 4.81. The molecule has 0 aromatic rings. The molecule has 3 atom stereocenters. The van der Waals surface area contributed by atoms with Crippen molar-refractivity contribution in [1.29, 1.82) is 0 Å². The van der Waals surface area contributed by atoms with Crippen molar-refractivity contribution in [2.45, 2.75) is 51.7 Å². The third-order valence-electron chi connectivity index (χ3n) is 2.44. The van der Waals surface area contributed by atoms with Gasteiger partial charge in [0.05, 0.1) is 12.2 Å². The van der Waals surface area contributed by atoms with Gasteiger partial charge in [0.25, 0.3) is 0 Å². The van der Waals surface area contributed by atoms with Crippen LogP contribution in [0.25, 0.3) is 0 Å². The first-order chi connectivity index (χ1) is 6.17. The second-order valence-corrected chi connectivity index (χ2v) is 3.52. The average Bonchev–Trinajstić information content (AvgIpc) is 2.13. The Kier molecular flexibility index (Phi) is 6.92. The molecule has 0 aliphatic heterocycles. The van der Waals surface area contributed by atoms with Crippen molar-refractivity contribution in [3.05, 3.63) is 12.7 Å². The van der Waals surface area contributed by atoms with Crippen LogP contribution in [-0.4, -0.2) is 22.4 Å². The summed E-state index contributed by atoms with van der Waals surface area (Å²) in [5.74, 6) is 0.00741. The molecule has 2 nitrogen and oxygen atoms in total. The molecule has 0 aromatic carbocycles. The molecule has 0 saturated heterocycles. The molecule has 3 unspecified atom stereocenters. The maximum atomic E-state index is 9.71. The Morgan fingerprint density at radius 2 is 1.85 bits per heavy atom. The highest BCUT2D eigenvalue weighted by Gasteiger charge is 2.23. The molecule has 0 aliphatic carbocycles. The van der Waals surface area contributed by atoms with Gasteiger partial charge in [-0.2, -0.15) is 0 Å². The Hall–Kier alpha value is -0.340. The lowest BCUT2D eigenvalue weighted by Crippen LogP contribution is -2.31. The molecule has 0 radical (unpaired) electrons. The molecule has 2 heteroatoms. The number of rotatable bonds is 7. The summed E-state index contributed by atoms with van der Waals surface area (Å²) in [6.45, 7) is 7.59. The van der Waals surface area contributed by atoms with Crippen molar-refractivity contribution in [3.8, 4) is 0 Å². The molecule has 0 saturated carbocycles. The van der Waals surface area contributed by atoms with Gasteiger partial charge in [0.15, 0.2) is 0 Å². The minimum Gasteiger partial charge on any atom is -0.393 e. The highest BCUT2D eigenvalue weighted by Crippen LogP contribution is 2.20. The Labute approximate surface area is 81.3 Å². The minimum atomic E-state index is -0.438. The lowest BCUT2D eigenvalue weighted by atomic mass is 9.88. The van der Waals surface area contributed by atoms with E-state index >= 15 is 0 Å². The Balaban J connectivity index is 4.12. The summed E-state index contributed by atoms with van der Waals surface area (Å²) in [6.07, 6.45) is 4.04. The van der Waals surface area contributed by atoms with Crippen LogP contribution in [0.3, 0.4) is 0 Å². The van der Waals surface area contributed by atoms with E-state index in [0.29, 0.717) is 12.8 Å². The van der Waals surface area contributed by atoms with Gasteiger partial charge in [-0.3, -0.25) is 0 Å². The molecule has 0 heterocycles. The summed E-state index contributed by atoms with van der Waals surface area (Å²) in [5.41, 5.74) is 0. The summed E-state index contributed by atoms with van der Waals surface area (Å²) < 4.78 is 0. The van der Waals surface area contributed by atoms with E-state index in [2.05, 4.69) is 13.5 Å². The Morgan fingerprint density at radius 3 is 2.23 bits per heavy atom. The molecule has 0 bridgehead atoms. The first kappa shape index (κ1) is 12.7. The predicted molar refractivity (Wildman–Crippen MR) is 55.5 cm³/mol. The summed E-state index contributed by atoms with van der Waals surface area (Å²) in [6, 6.07) is 0. The molecule has 0 aromatic heterocycles. The van der Waals surface area contributed by atoms with Gasteiger partial charge in [0, 0.05) is 5.92 Å². The maximum Gasteiger partial charge on any atom is 0.0627 e. The van der Waals surface area contributed by atoms with Crippen LogP contribution in [0.5, 0.6) is 0 Å². The largest absolute Gasteiger partial charge is 0.393 e. The van der Waals surface area contributed by atoms with Gasteiger partial charge in [0.1, 0.15) is 0 Å². The fraction of sp³-hybridized carbons (Fsp3) is 0.818. The molecule has 0 aliphatic rings. The minimum absolute atomic E-state index is 0.00741. The van der Waals surface area contributed by atoms with Crippen LogP contribution in [-0.2, 0) is 0 Å². The Bertz CT molecular complexity index is 134. The van der Waals surface area contributed by atoms with Crippen LogP contribution in [0.4, 0.5) is 0 Å². The van der Waals surface area contributed by atoms with Crippen molar-refractivity contribution in [3.63, 3.8) is 0 Å². The third-order valence-corrected chi connectivity index (χ3v) is 2.44. The number of hydrogen-bond donors (Lipinski definition) is 2. The van der Waals surface area contributed by atoms with Gasteiger partial charge in [-0.05, 0) is 19.3 Å². The summed E-state index contributed by atoms with van der Waals surface area (Å²) in [5, 5.41) is 19.4. The van der Waals surface area contributed by atoms with Gasteiger partial charge in [-0.1, -0.05) is 26.3 Å². The highest BCUT2D eigenvalue weighted by atomic mass is 16.3. The van der Waals surface area contributed by atoms with E-state index < -0.39 is 6.10 Å². The van der Waals surface area contributed by atoms with Gasteiger partial charge in [-0.25, -0.2) is 0 Å². The van der Waals surface area contributed by atoms with Gasteiger partial charge < -0.3 is 10.2 Å². The monoisotopic (exact) mass is 186 g/mol. The summed E-state index contributed by atoms with van der Waals surface area (Å²) in [7, 11) is 0. The zero-order chi connectivity index (χ0) is 10.3. The lowest BCUT2D eigenvalue weighted by molar-refractivity contribution is 0.00758. The van der Waals surface area contributed by atoms with Crippen LogP contribution >= 0.6 is 0 Å². The van der Waals surface area contributed by atoms with E-state index in [0.717, 1.165) is 12.8 Å². The first-order valence-corrected chi connectivity index (χ1v) is 5.14. The van der Waals surface area contributed by atoms with E-state index in [1.54, 1.807) is 6.08 Å². The van der Waals surface area contributed by atoms with Gasteiger partial charge >= 0.3 is 0 Å². The smallest absolute Gasteiger partial charge is 0.0627 e. The van der Waals surface area contributed by atoms with Crippen LogP contribution < -0.4 is 0 Å². The van der Waals surface area contributed by atoms with E-state index in [9.17, 15) is 10.2 Å². The molecule has 13 heavy (non-hydrogen) atoms. The van der Waals surface area contributed by atoms with Crippen LogP contribution in [0.15, 0.2) is 12.7 Å². The van der Waals surface area contributed by atoms with E-state index in [1.165, 1.54) is 0 Å². The predicted octanol–water partition coefficient (Wildman–Crippen LogP) is 2.11. The maximum absolute atomic E-state index is 9.71. The van der Waals surface area contributed by atoms with Crippen molar-refractivity contribution < 1.29 is 10.2 Å². The zero-order valence-corrected chi connectivity index (χ0v) is 8.74. The lowest BCUT2D eigenvalue weighted by Gasteiger charge is -2.25. The number of aliphatic hydroxyl groups excluding tert-OH is 2. The molecule has 2 N–H and O–H groups in total. The van der Waals surface area contributed by atoms with Crippen molar-refractivity contribution in [1.82, 2.24) is 0 Å². The van der Waals surface area contributed by atoms with Gasteiger partial charge in [-0.15, -0.1) is 6.58 Å². The SMILES string of the molecule is C=CCC(O)C(CCC)C(O)CC. The van der Waals surface area contributed by atoms with Crippen LogP contribution in [0.2, 0.25) is 0 Å². The quantitative estimate of drug-likeness (QED) is 0.598. The topological polar surface area (TPSA) is 40.5 Å². The second-order valence-electron chi connectivity index (χ2n) is 3.52.